The third-order valence-electron chi connectivity index (χ3n) is 8.52. The maximum absolute atomic E-state index is 13.5. The monoisotopic (exact) mass is 436 g/mol. The van der Waals surface area contributed by atoms with Crippen LogP contribution >= 0.6 is 0 Å². The smallest absolute Gasteiger partial charge is 0.224 e. The van der Waals surface area contributed by atoms with Gasteiger partial charge in [-0.2, -0.15) is 5.10 Å². The highest BCUT2D eigenvalue weighted by Crippen LogP contribution is 2.45. The molecule has 3 aliphatic heterocycles. The molecule has 5 rings (SSSR count). The molecule has 0 radical (unpaired) electrons. The molecule has 1 aromatic heterocycles. The Balaban J connectivity index is 1.30. The van der Waals surface area contributed by atoms with E-state index in [9.17, 15) is 4.79 Å². The number of rotatable bonds is 5. The number of nitrogens with zero attached hydrogens (tertiary/aromatic N) is 4. The molecular weight excluding hydrogens is 396 g/mol. The number of amides is 1. The van der Waals surface area contributed by atoms with Crippen LogP contribution in [0, 0.1) is 25.7 Å². The van der Waals surface area contributed by atoms with Crippen molar-refractivity contribution in [1.82, 2.24) is 19.6 Å². The maximum atomic E-state index is 13.5. The van der Waals surface area contributed by atoms with Gasteiger partial charge in [-0.3, -0.25) is 14.4 Å². The highest BCUT2D eigenvalue weighted by molar-refractivity contribution is 5.77. The lowest BCUT2D eigenvalue weighted by atomic mass is 9.68. The van der Waals surface area contributed by atoms with Crippen molar-refractivity contribution in [3.8, 4) is 0 Å². The number of hydrogen-bond acceptors (Lipinski definition) is 3. The van der Waals surface area contributed by atoms with Crippen LogP contribution in [0.4, 0.5) is 0 Å². The van der Waals surface area contributed by atoms with Crippen molar-refractivity contribution in [2.45, 2.75) is 90.8 Å². The molecule has 1 amide bonds. The Labute approximate surface area is 193 Å². The number of hydrogen-bond donors (Lipinski definition) is 0. The van der Waals surface area contributed by atoms with Gasteiger partial charge in [-0.1, -0.05) is 30.2 Å². The number of carbonyl (C=O) groups is 1. The summed E-state index contributed by atoms with van der Waals surface area (Å²) in [5.41, 5.74) is 6.24. The van der Waals surface area contributed by atoms with Crippen molar-refractivity contribution in [2.24, 2.45) is 11.8 Å². The van der Waals surface area contributed by atoms with Crippen LogP contribution in [0.2, 0.25) is 0 Å². The molecule has 0 saturated carbocycles. The number of allylic oxidation sites excluding steroid dienone is 1. The van der Waals surface area contributed by atoms with Gasteiger partial charge in [-0.15, -0.1) is 0 Å². The normalized spacial score (nSPS) is 29.8. The minimum Gasteiger partial charge on any atom is -0.336 e. The minimum absolute atomic E-state index is 0.314. The summed E-state index contributed by atoms with van der Waals surface area (Å²) >= 11 is 0. The van der Waals surface area contributed by atoms with Gasteiger partial charge in [0.1, 0.15) is 0 Å². The van der Waals surface area contributed by atoms with E-state index in [0.29, 0.717) is 30.8 Å². The fourth-order valence-electron chi connectivity index (χ4n) is 7.11. The number of fused-ring (bicyclic) bond motifs is 6. The van der Waals surface area contributed by atoms with Crippen molar-refractivity contribution >= 4 is 5.91 Å². The van der Waals surface area contributed by atoms with Crippen LogP contribution in [0.3, 0.4) is 0 Å². The SMILES string of the molecule is C=C(C)Cc1c(C)nn(CCC(=O)N2CCCC3=C[C@H]4C[C@@H](CN5CCCC[C@H]45)[C@H]32)c1C. The molecule has 3 fully saturated rings. The van der Waals surface area contributed by atoms with E-state index in [2.05, 4.69) is 43.2 Å². The van der Waals surface area contributed by atoms with Crippen molar-refractivity contribution in [2.75, 3.05) is 19.6 Å². The summed E-state index contributed by atoms with van der Waals surface area (Å²) in [5.74, 6) is 1.65. The molecule has 0 N–H and O–H groups in total. The van der Waals surface area contributed by atoms with E-state index in [1.807, 2.05) is 4.68 Å². The third-order valence-corrected chi connectivity index (χ3v) is 8.52. The van der Waals surface area contributed by atoms with Crippen LogP contribution in [0.1, 0.15) is 68.8 Å². The summed E-state index contributed by atoms with van der Waals surface area (Å²) in [5, 5.41) is 4.74. The first-order valence-electron chi connectivity index (χ1n) is 12.8. The standard InChI is InChI=1S/C27H40N4O/c1-18(2)14-24-19(3)28-31(20(24)4)13-10-26(32)30-12-7-8-21-15-22-16-23(27(21)30)17-29-11-6-5-9-25(22)29/h15,22-23,25,27H,1,5-14,16-17H2,2-4H3/t22-,23-,25+,27-/m0/s1. The van der Waals surface area contributed by atoms with Gasteiger partial charge in [0.2, 0.25) is 5.91 Å². The van der Waals surface area contributed by atoms with E-state index in [0.717, 1.165) is 42.6 Å². The molecule has 3 saturated heterocycles. The Bertz CT molecular complexity index is 928. The summed E-state index contributed by atoms with van der Waals surface area (Å²) in [4.78, 5) is 18.5. The first kappa shape index (κ1) is 21.9. The number of carbonyl (C=O) groups excluding carboxylic acids is 1. The van der Waals surface area contributed by atoms with E-state index < -0.39 is 0 Å². The zero-order valence-electron chi connectivity index (χ0n) is 20.3. The second kappa shape index (κ2) is 8.81. The summed E-state index contributed by atoms with van der Waals surface area (Å²) in [6.45, 7) is 14.4. The van der Waals surface area contributed by atoms with Gasteiger partial charge in [0, 0.05) is 37.8 Å². The Hall–Kier alpha value is -1.88. The molecule has 32 heavy (non-hydrogen) atoms. The number of aryl methyl sites for hydroxylation is 2. The third kappa shape index (κ3) is 3.98. The predicted octanol–water partition coefficient (Wildman–Crippen LogP) is 4.43. The van der Waals surface area contributed by atoms with Crippen LogP contribution in [0.15, 0.2) is 23.8 Å². The fraction of sp³-hybridized carbons (Fsp3) is 0.704. The lowest BCUT2D eigenvalue weighted by Crippen LogP contribution is -2.60. The van der Waals surface area contributed by atoms with E-state index >= 15 is 0 Å². The van der Waals surface area contributed by atoms with Crippen LogP contribution < -0.4 is 0 Å². The molecular formula is C27H40N4O. The molecule has 1 aliphatic carbocycles. The second-order valence-corrected chi connectivity index (χ2v) is 10.9. The minimum atomic E-state index is 0.314. The highest BCUT2D eigenvalue weighted by Gasteiger charge is 2.46. The molecule has 1 aromatic rings. The van der Waals surface area contributed by atoms with E-state index in [4.69, 9.17) is 5.10 Å². The van der Waals surface area contributed by atoms with Crippen LogP contribution in [-0.2, 0) is 17.8 Å². The number of piperidine rings is 3. The molecule has 2 bridgehead atoms. The number of aromatic nitrogens is 2. The van der Waals surface area contributed by atoms with Gasteiger partial charge in [0.05, 0.1) is 11.7 Å². The maximum Gasteiger partial charge on any atom is 0.224 e. The fourth-order valence-corrected chi connectivity index (χ4v) is 7.11. The molecule has 174 valence electrons. The van der Waals surface area contributed by atoms with E-state index in [1.54, 1.807) is 5.57 Å². The molecule has 4 atom stereocenters. The summed E-state index contributed by atoms with van der Waals surface area (Å²) in [6, 6.07) is 1.11. The molecule has 0 aromatic carbocycles. The quantitative estimate of drug-likeness (QED) is 0.641. The van der Waals surface area contributed by atoms with Crippen LogP contribution in [0.25, 0.3) is 0 Å². The predicted molar refractivity (Wildman–Crippen MR) is 128 cm³/mol. The zero-order chi connectivity index (χ0) is 22.4. The molecule has 4 aliphatic rings. The largest absolute Gasteiger partial charge is 0.336 e. The van der Waals surface area contributed by atoms with E-state index in [1.165, 1.54) is 56.5 Å². The lowest BCUT2D eigenvalue weighted by Gasteiger charge is -2.54. The van der Waals surface area contributed by atoms with Crippen molar-refractivity contribution in [3.05, 3.63) is 40.8 Å². The van der Waals surface area contributed by atoms with Gasteiger partial charge in [0.25, 0.3) is 0 Å². The second-order valence-electron chi connectivity index (χ2n) is 10.9. The van der Waals surface area contributed by atoms with Gasteiger partial charge < -0.3 is 4.90 Å². The Morgan fingerprint density at radius 1 is 1.22 bits per heavy atom. The van der Waals surface area contributed by atoms with Crippen LogP contribution in [0.5, 0.6) is 0 Å². The number of likely N-dealkylation sites (tertiary alicyclic amines) is 1. The zero-order valence-corrected chi connectivity index (χ0v) is 20.3. The average molecular weight is 437 g/mol. The first-order chi connectivity index (χ1) is 15.4. The Kier molecular flexibility index (Phi) is 6.04. The Morgan fingerprint density at radius 3 is 2.88 bits per heavy atom. The highest BCUT2D eigenvalue weighted by atomic mass is 16.2. The van der Waals surface area contributed by atoms with Gasteiger partial charge >= 0.3 is 0 Å². The Morgan fingerprint density at radius 2 is 2.06 bits per heavy atom. The summed E-state index contributed by atoms with van der Waals surface area (Å²) < 4.78 is 2.04. The van der Waals surface area contributed by atoms with E-state index in [-0.39, 0.29) is 0 Å². The van der Waals surface area contributed by atoms with Crippen molar-refractivity contribution < 1.29 is 4.79 Å². The van der Waals surface area contributed by atoms with Gasteiger partial charge in [-0.05, 0) is 83.2 Å². The molecule has 0 unspecified atom stereocenters. The first-order valence-corrected chi connectivity index (χ1v) is 12.8. The molecule has 5 nitrogen and oxygen atoms in total. The van der Waals surface area contributed by atoms with Gasteiger partial charge in [-0.25, -0.2) is 0 Å². The summed E-state index contributed by atoms with van der Waals surface area (Å²) in [6.07, 6.45) is 11.7. The summed E-state index contributed by atoms with van der Waals surface area (Å²) in [7, 11) is 0. The van der Waals surface area contributed by atoms with Gasteiger partial charge in [0.15, 0.2) is 0 Å². The topological polar surface area (TPSA) is 41.4 Å². The molecule has 5 heteroatoms. The van der Waals surface area contributed by atoms with Crippen molar-refractivity contribution in [1.29, 1.82) is 0 Å². The molecule has 0 spiro atoms. The van der Waals surface area contributed by atoms with Crippen molar-refractivity contribution in [3.63, 3.8) is 0 Å². The molecule has 4 heterocycles. The lowest BCUT2D eigenvalue weighted by molar-refractivity contribution is -0.136. The average Bonchev–Trinajstić information content (AvgIpc) is 3.04. The van der Waals surface area contributed by atoms with Crippen LogP contribution in [-0.4, -0.2) is 57.2 Å².